The van der Waals surface area contributed by atoms with E-state index >= 15 is 0 Å². The summed E-state index contributed by atoms with van der Waals surface area (Å²) in [5.41, 5.74) is 4.87. The molecule has 1 N–H and O–H groups in total. The minimum absolute atomic E-state index is 0.221. The van der Waals surface area contributed by atoms with Gasteiger partial charge in [0.05, 0.1) is 6.54 Å². The smallest absolute Gasteiger partial charge is 0.268 e. The van der Waals surface area contributed by atoms with E-state index in [4.69, 9.17) is 0 Å². The van der Waals surface area contributed by atoms with Crippen LogP contribution < -0.4 is 5.32 Å². The third kappa shape index (κ3) is 3.98. The molecule has 2 aromatic carbocycles. The first-order valence-electron chi connectivity index (χ1n) is 9.37. The van der Waals surface area contributed by atoms with Crippen molar-refractivity contribution >= 4 is 5.91 Å². The summed E-state index contributed by atoms with van der Waals surface area (Å²) < 4.78 is 29.1. The van der Waals surface area contributed by atoms with Gasteiger partial charge in [-0.3, -0.25) is 4.79 Å². The van der Waals surface area contributed by atoms with Gasteiger partial charge in [-0.2, -0.15) is 0 Å². The molecule has 0 unspecified atom stereocenters. The Morgan fingerprint density at radius 3 is 2.36 bits per heavy atom. The molecule has 146 valence electrons. The molecule has 1 amide bonds. The molecule has 0 aliphatic rings. The molecule has 3 nitrogen and oxygen atoms in total. The highest BCUT2D eigenvalue weighted by molar-refractivity contribution is 5.95. The third-order valence-corrected chi connectivity index (χ3v) is 5.14. The van der Waals surface area contributed by atoms with Gasteiger partial charge < -0.3 is 9.88 Å². The Balaban J connectivity index is 1.91. The fourth-order valence-corrected chi connectivity index (χ4v) is 3.62. The summed E-state index contributed by atoms with van der Waals surface area (Å²) >= 11 is 0. The number of hydrogen-bond acceptors (Lipinski definition) is 1. The average Bonchev–Trinajstić information content (AvgIpc) is 2.92. The summed E-state index contributed by atoms with van der Waals surface area (Å²) in [5, 5.41) is 2.91. The second kappa shape index (κ2) is 8.38. The Morgan fingerprint density at radius 2 is 1.71 bits per heavy atom. The lowest BCUT2D eigenvalue weighted by atomic mass is 10.1. The van der Waals surface area contributed by atoms with Crippen LogP contribution in [0.2, 0.25) is 0 Å². The van der Waals surface area contributed by atoms with E-state index in [0.29, 0.717) is 24.3 Å². The number of carbonyl (C=O) groups is 1. The molecule has 28 heavy (non-hydrogen) atoms. The van der Waals surface area contributed by atoms with Crippen LogP contribution in [0.3, 0.4) is 0 Å². The van der Waals surface area contributed by atoms with Crippen molar-refractivity contribution in [3.63, 3.8) is 0 Å². The van der Waals surface area contributed by atoms with Crippen molar-refractivity contribution in [1.29, 1.82) is 0 Å². The van der Waals surface area contributed by atoms with E-state index in [0.717, 1.165) is 28.8 Å². The molecule has 0 fully saturated rings. The van der Waals surface area contributed by atoms with Crippen LogP contribution in [0.4, 0.5) is 8.78 Å². The zero-order valence-corrected chi connectivity index (χ0v) is 16.4. The first kappa shape index (κ1) is 19.8. The van der Waals surface area contributed by atoms with Crippen LogP contribution in [0.15, 0.2) is 48.5 Å². The highest BCUT2D eigenvalue weighted by atomic mass is 19.1. The Morgan fingerprint density at radius 1 is 1.04 bits per heavy atom. The lowest BCUT2D eigenvalue weighted by Gasteiger charge is -2.13. The van der Waals surface area contributed by atoms with E-state index in [1.807, 2.05) is 25.3 Å². The van der Waals surface area contributed by atoms with Gasteiger partial charge in [-0.15, -0.1) is 0 Å². The van der Waals surface area contributed by atoms with Gasteiger partial charge in [0.25, 0.3) is 5.91 Å². The maximum absolute atomic E-state index is 14.2. The van der Waals surface area contributed by atoms with Crippen molar-refractivity contribution in [2.24, 2.45) is 0 Å². The number of aromatic nitrogens is 1. The van der Waals surface area contributed by atoms with Crippen molar-refractivity contribution < 1.29 is 13.6 Å². The topological polar surface area (TPSA) is 34.0 Å². The second-order valence-corrected chi connectivity index (χ2v) is 6.88. The molecule has 0 spiro atoms. The van der Waals surface area contributed by atoms with Crippen LogP contribution in [0.25, 0.3) is 0 Å². The Hall–Kier alpha value is -2.95. The number of benzene rings is 2. The summed E-state index contributed by atoms with van der Waals surface area (Å²) in [4.78, 5) is 13.0. The predicted octanol–water partition coefficient (Wildman–Crippen LogP) is 4.92. The van der Waals surface area contributed by atoms with Gasteiger partial charge in [-0.25, -0.2) is 8.78 Å². The van der Waals surface area contributed by atoms with Crippen molar-refractivity contribution in [1.82, 2.24) is 9.88 Å². The molecule has 0 saturated heterocycles. The molecule has 0 bridgehead atoms. The fraction of sp³-hybridized carbons (Fsp3) is 0.261. The minimum Gasteiger partial charge on any atom is -0.347 e. The van der Waals surface area contributed by atoms with E-state index in [9.17, 15) is 13.6 Å². The van der Waals surface area contributed by atoms with Gasteiger partial charge in [0.1, 0.15) is 17.3 Å². The lowest BCUT2D eigenvalue weighted by molar-refractivity contribution is 0.0941. The first-order valence-corrected chi connectivity index (χ1v) is 9.37. The molecule has 0 aliphatic carbocycles. The maximum Gasteiger partial charge on any atom is 0.268 e. The number of nitrogens with one attached hydrogen (secondary N) is 1. The van der Waals surface area contributed by atoms with E-state index in [1.54, 1.807) is 30.3 Å². The summed E-state index contributed by atoms with van der Waals surface area (Å²) in [6, 6.07) is 12.6. The van der Waals surface area contributed by atoms with Crippen molar-refractivity contribution in [3.8, 4) is 0 Å². The van der Waals surface area contributed by atoms with Gasteiger partial charge in [0.2, 0.25) is 0 Å². The summed E-state index contributed by atoms with van der Waals surface area (Å²) in [6.07, 6.45) is 0.792. The molecule has 3 rings (SSSR count). The van der Waals surface area contributed by atoms with Crippen LogP contribution >= 0.6 is 0 Å². The standard InChI is InChI=1S/C23H24F2N2O/c1-4-20-15(2)22(23(28)26-13-17-9-11-19(24)12-10-17)27(16(20)3)14-18-7-5-6-8-21(18)25/h5-12H,4,13-14H2,1-3H3,(H,26,28). The predicted molar refractivity (Wildman–Crippen MR) is 106 cm³/mol. The minimum atomic E-state index is -0.312. The summed E-state index contributed by atoms with van der Waals surface area (Å²) in [6.45, 7) is 6.52. The zero-order valence-electron chi connectivity index (χ0n) is 16.4. The SMILES string of the molecule is CCc1c(C)c(C(=O)NCc2ccc(F)cc2)n(Cc2ccccc2F)c1C. The first-order chi connectivity index (χ1) is 13.4. The zero-order chi connectivity index (χ0) is 20.3. The Labute approximate surface area is 164 Å². The quantitative estimate of drug-likeness (QED) is 0.645. The third-order valence-electron chi connectivity index (χ3n) is 5.14. The van der Waals surface area contributed by atoms with Crippen molar-refractivity contribution in [3.05, 3.63) is 93.8 Å². The van der Waals surface area contributed by atoms with Gasteiger partial charge >= 0.3 is 0 Å². The normalized spacial score (nSPS) is 10.9. The van der Waals surface area contributed by atoms with E-state index in [2.05, 4.69) is 5.32 Å². The molecule has 0 atom stereocenters. The molecule has 0 aliphatic heterocycles. The lowest BCUT2D eigenvalue weighted by Crippen LogP contribution is -2.27. The van der Waals surface area contributed by atoms with Gasteiger partial charge in [0.15, 0.2) is 0 Å². The molecular formula is C23H24F2N2O. The fourth-order valence-electron chi connectivity index (χ4n) is 3.62. The van der Waals surface area contributed by atoms with Crippen molar-refractivity contribution in [2.75, 3.05) is 0 Å². The van der Waals surface area contributed by atoms with E-state index in [1.165, 1.54) is 18.2 Å². The molecular weight excluding hydrogens is 358 g/mol. The Bertz CT molecular complexity index is 991. The average molecular weight is 382 g/mol. The largest absolute Gasteiger partial charge is 0.347 e. The Kier molecular flexibility index (Phi) is 5.93. The molecule has 0 saturated carbocycles. The van der Waals surface area contributed by atoms with E-state index < -0.39 is 0 Å². The number of amides is 1. The van der Waals surface area contributed by atoms with Crippen LogP contribution in [0, 0.1) is 25.5 Å². The maximum atomic E-state index is 14.2. The number of rotatable bonds is 6. The van der Waals surface area contributed by atoms with Crippen LogP contribution in [-0.4, -0.2) is 10.5 Å². The molecule has 3 aromatic rings. The van der Waals surface area contributed by atoms with Gasteiger partial charge in [0, 0.05) is 17.8 Å². The number of carbonyl (C=O) groups excluding carboxylic acids is 1. The number of nitrogens with zero attached hydrogens (tertiary/aromatic N) is 1. The molecule has 1 aromatic heterocycles. The van der Waals surface area contributed by atoms with Crippen LogP contribution in [0.1, 0.15) is 45.4 Å². The van der Waals surface area contributed by atoms with Gasteiger partial charge in [-0.1, -0.05) is 37.3 Å². The summed E-state index contributed by atoms with van der Waals surface area (Å²) in [5.74, 6) is -0.821. The van der Waals surface area contributed by atoms with Crippen molar-refractivity contribution in [2.45, 2.75) is 40.3 Å². The van der Waals surface area contributed by atoms with Crippen LogP contribution in [-0.2, 0) is 19.5 Å². The monoisotopic (exact) mass is 382 g/mol. The van der Waals surface area contributed by atoms with Crippen LogP contribution in [0.5, 0.6) is 0 Å². The summed E-state index contributed by atoms with van der Waals surface area (Å²) in [7, 11) is 0. The highest BCUT2D eigenvalue weighted by Gasteiger charge is 2.22. The molecule has 5 heteroatoms. The molecule has 0 radical (unpaired) electrons. The highest BCUT2D eigenvalue weighted by Crippen LogP contribution is 2.25. The van der Waals surface area contributed by atoms with E-state index in [-0.39, 0.29) is 17.5 Å². The number of hydrogen-bond donors (Lipinski definition) is 1. The molecule has 1 heterocycles. The number of halogens is 2. The second-order valence-electron chi connectivity index (χ2n) is 6.88. The van der Waals surface area contributed by atoms with Gasteiger partial charge in [-0.05, 0) is 55.2 Å².